The van der Waals surface area contributed by atoms with Crippen LogP contribution in [-0.2, 0) is 0 Å². The van der Waals surface area contributed by atoms with Crippen LogP contribution in [0, 0.1) is 11.7 Å². The van der Waals surface area contributed by atoms with Crippen molar-refractivity contribution in [1.29, 1.82) is 0 Å². The molecular formula is C12H18BrFN2. The highest BCUT2D eigenvalue weighted by Crippen LogP contribution is 2.24. The minimum absolute atomic E-state index is 0.0827. The SMILES string of the molecule is CC(C)CCC(NN)c1ccc(F)c(Br)c1. The Hall–Kier alpha value is -0.450. The van der Waals surface area contributed by atoms with Crippen molar-refractivity contribution in [1.82, 2.24) is 5.43 Å². The van der Waals surface area contributed by atoms with Crippen LogP contribution in [0.5, 0.6) is 0 Å². The molecule has 2 nitrogen and oxygen atoms in total. The molecule has 4 heteroatoms. The van der Waals surface area contributed by atoms with Gasteiger partial charge in [-0.05, 0) is 52.4 Å². The van der Waals surface area contributed by atoms with Gasteiger partial charge < -0.3 is 0 Å². The summed E-state index contributed by atoms with van der Waals surface area (Å²) in [6, 6.07) is 5.09. The summed E-state index contributed by atoms with van der Waals surface area (Å²) < 4.78 is 13.6. The van der Waals surface area contributed by atoms with Crippen molar-refractivity contribution in [2.75, 3.05) is 0 Å². The molecular weight excluding hydrogens is 271 g/mol. The normalized spacial score (nSPS) is 13.1. The van der Waals surface area contributed by atoms with Crippen LogP contribution in [0.2, 0.25) is 0 Å². The average molecular weight is 289 g/mol. The van der Waals surface area contributed by atoms with Crippen molar-refractivity contribution in [3.05, 3.63) is 34.1 Å². The fraction of sp³-hybridized carbons (Fsp3) is 0.500. The first-order valence-electron chi connectivity index (χ1n) is 5.45. The Morgan fingerprint density at radius 1 is 1.38 bits per heavy atom. The predicted octanol–water partition coefficient (Wildman–Crippen LogP) is 3.53. The minimum atomic E-state index is -0.247. The Labute approximate surface area is 105 Å². The lowest BCUT2D eigenvalue weighted by Crippen LogP contribution is -2.28. The summed E-state index contributed by atoms with van der Waals surface area (Å²) in [5.74, 6) is 5.91. The summed E-state index contributed by atoms with van der Waals surface area (Å²) in [5.41, 5.74) is 3.79. The molecule has 1 aromatic rings. The molecule has 90 valence electrons. The Morgan fingerprint density at radius 2 is 2.06 bits per heavy atom. The maximum Gasteiger partial charge on any atom is 0.137 e. The summed E-state index contributed by atoms with van der Waals surface area (Å²) in [6.07, 6.45) is 2.04. The zero-order chi connectivity index (χ0) is 12.1. The lowest BCUT2D eigenvalue weighted by Gasteiger charge is -2.17. The number of hydrazine groups is 1. The number of rotatable bonds is 5. The molecule has 0 aliphatic rings. The molecule has 1 aromatic carbocycles. The second kappa shape index (κ2) is 6.33. The van der Waals surface area contributed by atoms with E-state index in [2.05, 4.69) is 35.2 Å². The monoisotopic (exact) mass is 288 g/mol. The van der Waals surface area contributed by atoms with Crippen LogP contribution in [0.15, 0.2) is 22.7 Å². The van der Waals surface area contributed by atoms with Gasteiger partial charge in [0, 0.05) is 6.04 Å². The van der Waals surface area contributed by atoms with Gasteiger partial charge in [0.1, 0.15) is 5.82 Å². The molecule has 3 N–H and O–H groups in total. The largest absolute Gasteiger partial charge is 0.271 e. The number of nitrogens with two attached hydrogens (primary N) is 1. The molecule has 0 saturated carbocycles. The van der Waals surface area contributed by atoms with Crippen molar-refractivity contribution in [3.8, 4) is 0 Å². The molecule has 0 amide bonds. The van der Waals surface area contributed by atoms with Crippen molar-refractivity contribution in [3.63, 3.8) is 0 Å². The summed E-state index contributed by atoms with van der Waals surface area (Å²) in [4.78, 5) is 0. The third kappa shape index (κ3) is 3.85. The molecule has 0 bridgehead atoms. The van der Waals surface area contributed by atoms with Gasteiger partial charge in [0.25, 0.3) is 0 Å². The second-order valence-corrected chi connectivity index (χ2v) is 5.22. The fourth-order valence-electron chi connectivity index (χ4n) is 1.58. The van der Waals surface area contributed by atoms with E-state index in [-0.39, 0.29) is 11.9 Å². The van der Waals surface area contributed by atoms with Gasteiger partial charge in [-0.1, -0.05) is 19.9 Å². The van der Waals surface area contributed by atoms with Gasteiger partial charge in [0.2, 0.25) is 0 Å². The molecule has 0 fully saturated rings. The quantitative estimate of drug-likeness (QED) is 0.643. The molecule has 16 heavy (non-hydrogen) atoms. The third-order valence-electron chi connectivity index (χ3n) is 2.58. The molecule has 0 spiro atoms. The summed E-state index contributed by atoms with van der Waals surface area (Å²) in [7, 11) is 0. The van der Waals surface area contributed by atoms with Crippen LogP contribution in [0.25, 0.3) is 0 Å². The van der Waals surface area contributed by atoms with E-state index in [0.717, 1.165) is 18.4 Å². The first-order chi connectivity index (χ1) is 7.54. The standard InChI is InChI=1S/C12H18BrFN2/c1-8(2)3-6-12(16-15)9-4-5-11(14)10(13)7-9/h4-5,7-8,12,16H,3,6,15H2,1-2H3. The third-order valence-corrected chi connectivity index (χ3v) is 3.19. The average Bonchev–Trinajstić information content (AvgIpc) is 2.23. The van der Waals surface area contributed by atoms with Gasteiger partial charge in [-0.2, -0.15) is 0 Å². The van der Waals surface area contributed by atoms with Crippen molar-refractivity contribution >= 4 is 15.9 Å². The van der Waals surface area contributed by atoms with Gasteiger partial charge in [-0.25, -0.2) is 4.39 Å². The van der Waals surface area contributed by atoms with E-state index < -0.39 is 0 Å². The van der Waals surface area contributed by atoms with Gasteiger partial charge in [0.15, 0.2) is 0 Å². The molecule has 0 saturated heterocycles. The highest BCUT2D eigenvalue weighted by Gasteiger charge is 2.12. The molecule has 0 radical (unpaired) electrons. The summed E-state index contributed by atoms with van der Waals surface area (Å²) in [5, 5.41) is 0. The van der Waals surface area contributed by atoms with E-state index in [1.807, 2.05) is 0 Å². The molecule has 0 heterocycles. The van der Waals surface area contributed by atoms with Gasteiger partial charge in [-0.3, -0.25) is 11.3 Å². The second-order valence-electron chi connectivity index (χ2n) is 4.36. The maximum atomic E-state index is 13.1. The maximum absolute atomic E-state index is 13.1. The summed E-state index contributed by atoms with van der Waals surface area (Å²) >= 11 is 3.18. The Balaban J connectivity index is 2.74. The zero-order valence-corrected chi connectivity index (χ0v) is 11.2. The zero-order valence-electron chi connectivity index (χ0n) is 9.63. The van der Waals surface area contributed by atoms with Gasteiger partial charge in [-0.15, -0.1) is 0 Å². The molecule has 0 aromatic heterocycles. The lowest BCUT2D eigenvalue weighted by atomic mass is 9.98. The van der Waals surface area contributed by atoms with Crippen LogP contribution in [0.3, 0.4) is 0 Å². The Morgan fingerprint density at radius 3 is 2.56 bits per heavy atom. The number of halogens is 2. The fourth-order valence-corrected chi connectivity index (χ4v) is 1.97. The van der Waals surface area contributed by atoms with Crippen LogP contribution in [0.4, 0.5) is 4.39 Å². The molecule has 1 unspecified atom stereocenters. The minimum Gasteiger partial charge on any atom is -0.271 e. The molecule has 0 aliphatic heterocycles. The molecule has 0 aliphatic carbocycles. The van der Waals surface area contributed by atoms with E-state index >= 15 is 0 Å². The predicted molar refractivity (Wildman–Crippen MR) is 68.2 cm³/mol. The molecule has 1 rings (SSSR count). The Kier molecular flexibility index (Phi) is 5.38. The topological polar surface area (TPSA) is 38.0 Å². The number of hydrogen-bond acceptors (Lipinski definition) is 2. The van der Waals surface area contributed by atoms with E-state index in [9.17, 15) is 4.39 Å². The lowest BCUT2D eigenvalue weighted by molar-refractivity contribution is 0.447. The first kappa shape index (κ1) is 13.6. The van der Waals surface area contributed by atoms with Gasteiger partial charge in [0.05, 0.1) is 4.47 Å². The number of nitrogens with one attached hydrogen (secondary N) is 1. The molecule has 1 atom stereocenters. The van der Waals surface area contributed by atoms with Crippen molar-refractivity contribution < 1.29 is 4.39 Å². The highest BCUT2D eigenvalue weighted by atomic mass is 79.9. The Bertz CT molecular complexity index is 342. The van der Waals surface area contributed by atoms with Gasteiger partial charge >= 0.3 is 0 Å². The van der Waals surface area contributed by atoms with Crippen LogP contribution >= 0.6 is 15.9 Å². The summed E-state index contributed by atoms with van der Waals surface area (Å²) in [6.45, 7) is 4.35. The number of hydrogen-bond donors (Lipinski definition) is 2. The van der Waals surface area contributed by atoms with E-state index in [1.165, 1.54) is 6.07 Å². The first-order valence-corrected chi connectivity index (χ1v) is 6.25. The highest BCUT2D eigenvalue weighted by molar-refractivity contribution is 9.10. The van der Waals surface area contributed by atoms with Crippen molar-refractivity contribution in [2.45, 2.75) is 32.7 Å². The van der Waals surface area contributed by atoms with E-state index in [4.69, 9.17) is 5.84 Å². The van der Waals surface area contributed by atoms with E-state index in [1.54, 1.807) is 12.1 Å². The van der Waals surface area contributed by atoms with Crippen LogP contribution in [-0.4, -0.2) is 0 Å². The van der Waals surface area contributed by atoms with Crippen LogP contribution in [0.1, 0.15) is 38.3 Å². The smallest absolute Gasteiger partial charge is 0.137 e. The number of benzene rings is 1. The van der Waals surface area contributed by atoms with E-state index in [0.29, 0.717) is 10.4 Å². The van der Waals surface area contributed by atoms with Crippen LogP contribution < -0.4 is 11.3 Å². The van der Waals surface area contributed by atoms with Crippen molar-refractivity contribution in [2.24, 2.45) is 11.8 Å².